The van der Waals surface area contributed by atoms with Crippen LogP contribution in [-0.4, -0.2) is 17.9 Å². The van der Waals surface area contributed by atoms with E-state index < -0.39 is 23.7 Å². The first-order valence-corrected chi connectivity index (χ1v) is 5.53. The van der Waals surface area contributed by atoms with Gasteiger partial charge in [-0.25, -0.2) is 4.39 Å². The zero-order chi connectivity index (χ0) is 13.7. The van der Waals surface area contributed by atoms with Crippen molar-refractivity contribution in [2.45, 2.75) is 19.9 Å². The topological polar surface area (TPSA) is 84.2 Å². The number of halogens is 1. The Balaban J connectivity index is 2.57. The van der Waals surface area contributed by atoms with Crippen LogP contribution in [0.5, 0.6) is 0 Å². The Labute approximate surface area is 105 Å². The Morgan fingerprint density at radius 2 is 1.83 bits per heavy atom. The second-order valence-corrected chi connectivity index (χ2v) is 4.19. The Kier molecular flexibility index (Phi) is 4.79. The van der Waals surface area contributed by atoms with E-state index in [2.05, 4.69) is 10.9 Å². The van der Waals surface area contributed by atoms with Crippen molar-refractivity contribution >= 4 is 11.8 Å². The molecule has 18 heavy (non-hydrogen) atoms. The molecule has 1 unspecified atom stereocenters. The van der Waals surface area contributed by atoms with E-state index in [1.54, 1.807) is 13.8 Å². The van der Waals surface area contributed by atoms with E-state index >= 15 is 0 Å². The molecular formula is C12H16FN3O2. The molecule has 0 aliphatic heterocycles. The molecule has 0 spiro atoms. The molecule has 2 amide bonds. The lowest BCUT2D eigenvalue weighted by molar-refractivity contribution is -0.124. The summed E-state index contributed by atoms with van der Waals surface area (Å²) >= 11 is 0. The van der Waals surface area contributed by atoms with Crippen molar-refractivity contribution in [3.05, 3.63) is 35.6 Å². The molecule has 1 aromatic carbocycles. The molecule has 0 heterocycles. The van der Waals surface area contributed by atoms with Crippen LogP contribution in [0.25, 0.3) is 0 Å². The van der Waals surface area contributed by atoms with Crippen LogP contribution >= 0.6 is 0 Å². The summed E-state index contributed by atoms with van der Waals surface area (Å²) in [5, 5.41) is 0. The van der Waals surface area contributed by atoms with Gasteiger partial charge in [-0.1, -0.05) is 26.0 Å². The number of carbonyl (C=O) groups excluding carboxylic acids is 2. The molecule has 6 heteroatoms. The van der Waals surface area contributed by atoms with Crippen LogP contribution in [0.3, 0.4) is 0 Å². The van der Waals surface area contributed by atoms with Gasteiger partial charge >= 0.3 is 0 Å². The van der Waals surface area contributed by atoms with Crippen molar-refractivity contribution < 1.29 is 14.0 Å². The zero-order valence-corrected chi connectivity index (χ0v) is 10.2. The van der Waals surface area contributed by atoms with Gasteiger partial charge in [0.05, 0.1) is 11.6 Å². The number of nitrogens with two attached hydrogens (primary N) is 1. The molecular weight excluding hydrogens is 237 g/mol. The van der Waals surface area contributed by atoms with Gasteiger partial charge in [-0.15, -0.1) is 0 Å². The van der Waals surface area contributed by atoms with Gasteiger partial charge in [0.15, 0.2) is 0 Å². The number of benzene rings is 1. The summed E-state index contributed by atoms with van der Waals surface area (Å²) in [7, 11) is 0. The summed E-state index contributed by atoms with van der Waals surface area (Å²) in [4.78, 5) is 23.0. The van der Waals surface area contributed by atoms with Gasteiger partial charge in [0, 0.05) is 0 Å². The van der Waals surface area contributed by atoms with Gasteiger partial charge in [0.25, 0.3) is 11.8 Å². The molecule has 5 nitrogen and oxygen atoms in total. The predicted molar refractivity (Wildman–Crippen MR) is 64.8 cm³/mol. The van der Waals surface area contributed by atoms with Gasteiger partial charge in [-0.05, 0) is 18.1 Å². The molecule has 0 aromatic heterocycles. The number of amides is 2. The smallest absolute Gasteiger partial charge is 0.272 e. The first-order chi connectivity index (χ1) is 8.43. The number of nitrogens with one attached hydrogen (secondary N) is 2. The Morgan fingerprint density at radius 3 is 2.39 bits per heavy atom. The highest BCUT2D eigenvalue weighted by Crippen LogP contribution is 2.05. The van der Waals surface area contributed by atoms with Crippen molar-refractivity contribution in [1.29, 1.82) is 0 Å². The summed E-state index contributed by atoms with van der Waals surface area (Å²) in [5.74, 6) is -1.96. The maximum Gasteiger partial charge on any atom is 0.272 e. The predicted octanol–water partition coefficient (Wildman–Crippen LogP) is 0.570. The average Bonchev–Trinajstić information content (AvgIpc) is 2.35. The minimum atomic E-state index is -0.731. The SMILES string of the molecule is CC(C)C(N)C(=O)NNC(=O)c1ccccc1F. The molecule has 0 aliphatic carbocycles. The van der Waals surface area contributed by atoms with Crippen molar-refractivity contribution in [1.82, 2.24) is 10.9 Å². The van der Waals surface area contributed by atoms with E-state index in [4.69, 9.17) is 5.73 Å². The third-order valence-electron chi connectivity index (χ3n) is 2.44. The fourth-order valence-corrected chi connectivity index (χ4v) is 1.22. The monoisotopic (exact) mass is 253 g/mol. The second kappa shape index (κ2) is 6.11. The fourth-order valence-electron chi connectivity index (χ4n) is 1.22. The van der Waals surface area contributed by atoms with Crippen LogP contribution in [0.2, 0.25) is 0 Å². The van der Waals surface area contributed by atoms with Crippen LogP contribution in [0, 0.1) is 11.7 Å². The zero-order valence-electron chi connectivity index (χ0n) is 10.2. The summed E-state index contributed by atoms with van der Waals surface area (Å²) in [6.45, 7) is 3.56. The van der Waals surface area contributed by atoms with Gasteiger partial charge < -0.3 is 5.73 Å². The highest BCUT2D eigenvalue weighted by molar-refractivity contribution is 5.96. The molecule has 0 saturated heterocycles. The van der Waals surface area contributed by atoms with Crippen LogP contribution in [0.1, 0.15) is 24.2 Å². The molecule has 0 aliphatic rings. The molecule has 0 saturated carbocycles. The highest BCUT2D eigenvalue weighted by atomic mass is 19.1. The molecule has 0 fully saturated rings. The van der Waals surface area contributed by atoms with Gasteiger partial charge in [0.1, 0.15) is 5.82 Å². The van der Waals surface area contributed by atoms with Crippen LogP contribution in [0.15, 0.2) is 24.3 Å². The van der Waals surface area contributed by atoms with Gasteiger partial charge in [-0.2, -0.15) is 0 Å². The highest BCUT2D eigenvalue weighted by Gasteiger charge is 2.18. The maximum atomic E-state index is 13.3. The fraction of sp³-hybridized carbons (Fsp3) is 0.333. The molecule has 1 aromatic rings. The lowest BCUT2D eigenvalue weighted by Crippen LogP contribution is -2.51. The Morgan fingerprint density at radius 1 is 1.22 bits per heavy atom. The van der Waals surface area contributed by atoms with E-state index in [-0.39, 0.29) is 11.5 Å². The second-order valence-electron chi connectivity index (χ2n) is 4.19. The summed E-state index contributed by atoms with van der Waals surface area (Å²) in [6.07, 6.45) is 0. The van der Waals surface area contributed by atoms with Crippen molar-refractivity contribution in [2.24, 2.45) is 11.7 Å². The first kappa shape index (κ1) is 14.1. The molecule has 1 atom stereocenters. The first-order valence-electron chi connectivity index (χ1n) is 5.53. The van der Waals surface area contributed by atoms with E-state index in [0.29, 0.717) is 0 Å². The van der Waals surface area contributed by atoms with Crippen LogP contribution in [0.4, 0.5) is 4.39 Å². The van der Waals surface area contributed by atoms with E-state index in [1.165, 1.54) is 18.2 Å². The molecule has 4 N–H and O–H groups in total. The number of hydrogen-bond donors (Lipinski definition) is 3. The maximum absolute atomic E-state index is 13.3. The Bertz CT molecular complexity index is 449. The average molecular weight is 253 g/mol. The van der Waals surface area contributed by atoms with E-state index in [0.717, 1.165) is 6.07 Å². The minimum Gasteiger partial charge on any atom is -0.320 e. The lowest BCUT2D eigenvalue weighted by Gasteiger charge is -2.15. The van der Waals surface area contributed by atoms with Gasteiger partial charge in [0.2, 0.25) is 0 Å². The van der Waals surface area contributed by atoms with Crippen LogP contribution < -0.4 is 16.6 Å². The van der Waals surface area contributed by atoms with Crippen molar-refractivity contribution in [3.8, 4) is 0 Å². The number of hydrazine groups is 1. The normalized spacial score (nSPS) is 12.1. The van der Waals surface area contributed by atoms with E-state index in [1.807, 2.05) is 0 Å². The number of carbonyl (C=O) groups is 2. The molecule has 98 valence electrons. The van der Waals surface area contributed by atoms with E-state index in [9.17, 15) is 14.0 Å². The minimum absolute atomic E-state index is 0.0598. The standard InChI is InChI=1S/C12H16FN3O2/c1-7(2)10(14)12(18)16-15-11(17)8-5-3-4-6-9(8)13/h3-7,10H,14H2,1-2H3,(H,15,17)(H,16,18). The van der Waals surface area contributed by atoms with Crippen molar-refractivity contribution in [2.75, 3.05) is 0 Å². The third-order valence-corrected chi connectivity index (χ3v) is 2.44. The Hall–Kier alpha value is -1.95. The van der Waals surface area contributed by atoms with Gasteiger partial charge in [-0.3, -0.25) is 20.4 Å². The quantitative estimate of drug-likeness (QED) is 0.688. The summed E-state index contributed by atoms with van der Waals surface area (Å²) < 4.78 is 13.3. The molecule has 1 rings (SSSR count). The van der Waals surface area contributed by atoms with Crippen molar-refractivity contribution in [3.63, 3.8) is 0 Å². The number of rotatable bonds is 3. The molecule has 0 radical (unpaired) electrons. The van der Waals surface area contributed by atoms with Crippen LogP contribution in [-0.2, 0) is 4.79 Å². The third kappa shape index (κ3) is 3.53. The number of hydrogen-bond acceptors (Lipinski definition) is 3. The summed E-state index contributed by atoms with van der Waals surface area (Å²) in [6, 6.07) is 4.75. The lowest BCUT2D eigenvalue weighted by atomic mass is 10.1. The molecule has 0 bridgehead atoms. The summed E-state index contributed by atoms with van der Waals surface area (Å²) in [5.41, 5.74) is 9.71. The largest absolute Gasteiger partial charge is 0.320 e.